The lowest BCUT2D eigenvalue weighted by Gasteiger charge is -2.19. The van der Waals surface area contributed by atoms with Crippen LogP contribution in [-0.2, 0) is 17.6 Å². The number of para-hydroxylation sites is 2. The maximum Gasteiger partial charge on any atom is 0.243 e. The van der Waals surface area contributed by atoms with E-state index in [9.17, 15) is 4.79 Å². The number of aryl methyl sites for hydroxylation is 1. The standard InChI is InChI=1S/C18H23N5O/c1-3-15(18(24)19-10-9-13-11-20-21-12-13)23-16-8-6-5-7-14(16)22-17(23)4-2/h5-8,11-12,15H,3-4,9-10H2,1-2H3,(H,19,24)(H,20,21). The van der Waals surface area contributed by atoms with Crippen LogP contribution in [0.4, 0.5) is 0 Å². The highest BCUT2D eigenvalue weighted by Gasteiger charge is 2.23. The average molecular weight is 325 g/mol. The Hall–Kier alpha value is -2.63. The van der Waals surface area contributed by atoms with E-state index in [1.54, 1.807) is 6.20 Å². The topological polar surface area (TPSA) is 75.6 Å². The molecular weight excluding hydrogens is 302 g/mol. The molecule has 24 heavy (non-hydrogen) atoms. The number of amides is 1. The molecule has 0 bridgehead atoms. The normalized spacial score (nSPS) is 12.4. The van der Waals surface area contributed by atoms with E-state index in [1.807, 2.05) is 37.4 Å². The van der Waals surface area contributed by atoms with Crippen molar-refractivity contribution in [3.63, 3.8) is 0 Å². The minimum absolute atomic E-state index is 0.0406. The second-order valence-corrected chi connectivity index (χ2v) is 5.81. The van der Waals surface area contributed by atoms with Crippen LogP contribution in [0.3, 0.4) is 0 Å². The van der Waals surface area contributed by atoms with E-state index in [1.165, 1.54) is 0 Å². The Kier molecular flexibility index (Phi) is 4.93. The molecule has 1 unspecified atom stereocenters. The number of rotatable bonds is 7. The summed E-state index contributed by atoms with van der Waals surface area (Å²) in [6.07, 6.45) is 5.92. The van der Waals surface area contributed by atoms with Gasteiger partial charge in [-0.05, 0) is 30.5 Å². The molecule has 0 fully saturated rings. The van der Waals surface area contributed by atoms with Crippen molar-refractivity contribution in [3.05, 3.63) is 48.0 Å². The first-order valence-electron chi connectivity index (χ1n) is 8.45. The molecule has 0 saturated carbocycles. The van der Waals surface area contributed by atoms with Crippen LogP contribution >= 0.6 is 0 Å². The minimum atomic E-state index is -0.239. The monoisotopic (exact) mass is 325 g/mol. The number of H-pyrrole nitrogens is 1. The van der Waals surface area contributed by atoms with Crippen LogP contribution in [0.25, 0.3) is 11.0 Å². The molecule has 1 amide bonds. The number of imidazole rings is 1. The molecular formula is C18H23N5O. The fourth-order valence-corrected chi connectivity index (χ4v) is 3.04. The lowest BCUT2D eigenvalue weighted by atomic mass is 10.1. The molecule has 0 radical (unpaired) electrons. The van der Waals surface area contributed by atoms with E-state index >= 15 is 0 Å². The Bertz CT molecular complexity index is 806. The molecule has 0 spiro atoms. The number of aromatic nitrogens is 4. The van der Waals surface area contributed by atoms with Crippen molar-refractivity contribution in [2.45, 2.75) is 39.2 Å². The summed E-state index contributed by atoms with van der Waals surface area (Å²) in [4.78, 5) is 17.4. The zero-order chi connectivity index (χ0) is 16.9. The highest BCUT2D eigenvalue weighted by atomic mass is 16.2. The van der Waals surface area contributed by atoms with Crippen molar-refractivity contribution in [2.24, 2.45) is 0 Å². The van der Waals surface area contributed by atoms with Gasteiger partial charge in [-0.25, -0.2) is 4.98 Å². The number of hydrogen-bond donors (Lipinski definition) is 2. The van der Waals surface area contributed by atoms with Gasteiger partial charge < -0.3 is 9.88 Å². The second-order valence-electron chi connectivity index (χ2n) is 5.81. The van der Waals surface area contributed by atoms with Crippen molar-refractivity contribution in [3.8, 4) is 0 Å². The Labute approximate surface area is 141 Å². The van der Waals surface area contributed by atoms with Crippen LogP contribution < -0.4 is 5.32 Å². The fraction of sp³-hybridized carbons (Fsp3) is 0.389. The number of nitrogens with zero attached hydrogens (tertiary/aromatic N) is 3. The average Bonchev–Trinajstić information content (AvgIpc) is 3.23. The van der Waals surface area contributed by atoms with Gasteiger partial charge in [-0.2, -0.15) is 5.10 Å². The molecule has 0 saturated heterocycles. The minimum Gasteiger partial charge on any atom is -0.354 e. The van der Waals surface area contributed by atoms with Crippen LogP contribution in [0.1, 0.15) is 37.7 Å². The van der Waals surface area contributed by atoms with Crippen LogP contribution in [0, 0.1) is 0 Å². The highest BCUT2D eigenvalue weighted by molar-refractivity contribution is 5.84. The van der Waals surface area contributed by atoms with Gasteiger partial charge in [0.1, 0.15) is 11.9 Å². The van der Waals surface area contributed by atoms with Gasteiger partial charge >= 0.3 is 0 Å². The molecule has 1 atom stereocenters. The van der Waals surface area contributed by atoms with Crippen molar-refractivity contribution in [2.75, 3.05) is 6.54 Å². The van der Waals surface area contributed by atoms with E-state index < -0.39 is 0 Å². The van der Waals surface area contributed by atoms with E-state index in [4.69, 9.17) is 0 Å². The van der Waals surface area contributed by atoms with E-state index in [-0.39, 0.29) is 11.9 Å². The number of aromatic amines is 1. The largest absolute Gasteiger partial charge is 0.354 e. The summed E-state index contributed by atoms with van der Waals surface area (Å²) >= 11 is 0. The number of benzene rings is 1. The number of fused-ring (bicyclic) bond motifs is 1. The van der Waals surface area contributed by atoms with Gasteiger partial charge in [0.25, 0.3) is 0 Å². The number of nitrogens with one attached hydrogen (secondary N) is 2. The number of hydrogen-bond acceptors (Lipinski definition) is 3. The van der Waals surface area contributed by atoms with Gasteiger partial charge in [-0.3, -0.25) is 9.89 Å². The zero-order valence-corrected chi connectivity index (χ0v) is 14.1. The summed E-state index contributed by atoms with van der Waals surface area (Å²) in [6, 6.07) is 7.75. The molecule has 1 aromatic carbocycles. The van der Waals surface area contributed by atoms with Gasteiger partial charge in [0.15, 0.2) is 0 Å². The Morgan fingerprint density at radius 2 is 2.17 bits per heavy atom. The smallest absolute Gasteiger partial charge is 0.243 e. The first-order chi connectivity index (χ1) is 11.7. The van der Waals surface area contributed by atoms with E-state index in [0.717, 1.165) is 41.7 Å². The molecule has 0 aliphatic rings. The fourth-order valence-electron chi connectivity index (χ4n) is 3.04. The lowest BCUT2D eigenvalue weighted by molar-refractivity contribution is -0.124. The molecule has 126 valence electrons. The quantitative estimate of drug-likeness (QED) is 0.701. The second kappa shape index (κ2) is 7.29. The van der Waals surface area contributed by atoms with Crippen LogP contribution in [0.15, 0.2) is 36.7 Å². The first kappa shape index (κ1) is 16.2. The molecule has 3 aromatic rings. The summed E-state index contributed by atoms with van der Waals surface area (Å²) in [5.74, 6) is 0.992. The van der Waals surface area contributed by atoms with Crippen molar-refractivity contribution in [1.29, 1.82) is 0 Å². The summed E-state index contributed by atoms with van der Waals surface area (Å²) < 4.78 is 2.09. The molecule has 2 aromatic heterocycles. The predicted octanol–water partition coefficient (Wildman–Crippen LogP) is 2.63. The maximum atomic E-state index is 12.7. The molecule has 3 rings (SSSR count). The third-order valence-electron chi connectivity index (χ3n) is 4.25. The van der Waals surface area contributed by atoms with Crippen LogP contribution in [0.5, 0.6) is 0 Å². The van der Waals surface area contributed by atoms with Gasteiger partial charge in [-0.15, -0.1) is 0 Å². The van der Waals surface area contributed by atoms with Gasteiger partial charge in [0.2, 0.25) is 5.91 Å². The molecule has 2 N–H and O–H groups in total. The van der Waals surface area contributed by atoms with Crippen molar-refractivity contribution < 1.29 is 4.79 Å². The van der Waals surface area contributed by atoms with Crippen LogP contribution in [-0.4, -0.2) is 32.2 Å². The molecule has 0 aliphatic heterocycles. The summed E-state index contributed by atoms with van der Waals surface area (Å²) in [5.41, 5.74) is 3.05. The predicted molar refractivity (Wildman–Crippen MR) is 93.7 cm³/mol. The molecule has 6 heteroatoms. The Morgan fingerprint density at radius 1 is 1.33 bits per heavy atom. The van der Waals surface area contributed by atoms with Crippen molar-refractivity contribution in [1.82, 2.24) is 25.1 Å². The molecule has 6 nitrogen and oxygen atoms in total. The SMILES string of the molecule is CCc1nc2ccccc2n1C(CC)C(=O)NCCc1cn[nH]c1. The first-order valence-corrected chi connectivity index (χ1v) is 8.45. The Balaban J connectivity index is 1.79. The Morgan fingerprint density at radius 3 is 2.88 bits per heavy atom. The van der Waals surface area contributed by atoms with Gasteiger partial charge in [-0.1, -0.05) is 26.0 Å². The van der Waals surface area contributed by atoms with E-state index in [2.05, 4.69) is 32.0 Å². The van der Waals surface area contributed by atoms with Crippen molar-refractivity contribution >= 4 is 16.9 Å². The van der Waals surface area contributed by atoms with Crippen LogP contribution in [0.2, 0.25) is 0 Å². The summed E-state index contributed by atoms with van der Waals surface area (Å²) in [6.45, 7) is 4.71. The zero-order valence-electron chi connectivity index (χ0n) is 14.1. The lowest BCUT2D eigenvalue weighted by Crippen LogP contribution is -2.34. The van der Waals surface area contributed by atoms with E-state index in [0.29, 0.717) is 6.54 Å². The van der Waals surface area contributed by atoms with Gasteiger partial charge in [0, 0.05) is 19.2 Å². The maximum absolute atomic E-state index is 12.7. The number of carbonyl (C=O) groups excluding carboxylic acids is 1. The third kappa shape index (κ3) is 3.18. The van der Waals surface area contributed by atoms with Gasteiger partial charge in [0.05, 0.1) is 17.2 Å². The number of carbonyl (C=O) groups is 1. The molecule has 2 heterocycles. The summed E-state index contributed by atoms with van der Waals surface area (Å²) in [7, 11) is 0. The molecule has 0 aliphatic carbocycles. The third-order valence-corrected chi connectivity index (χ3v) is 4.25. The summed E-state index contributed by atoms with van der Waals surface area (Å²) in [5, 5.41) is 9.75. The highest BCUT2D eigenvalue weighted by Crippen LogP contribution is 2.24.